The van der Waals surface area contributed by atoms with Gasteiger partial charge < -0.3 is 9.84 Å². The van der Waals surface area contributed by atoms with E-state index in [1.165, 1.54) is 12.1 Å². The number of halogens is 1. The lowest BCUT2D eigenvalue weighted by Crippen LogP contribution is -2.30. The molecule has 0 spiro atoms. The number of hydrogen-bond acceptors (Lipinski definition) is 6. The molecule has 1 aliphatic heterocycles. The molecule has 28 heavy (non-hydrogen) atoms. The van der Waals surface area contributed by atoms with Gasteiger partial charge in [-0.25, -0.2) is 13.4 Å². The van der Waals surface area contributed by atoms with Crippen LogP contribution in [-0.4, -0.2) is 32.6 Å². The van der Waals surface area contributed by atoms with Gasteiger partial charge in [0, 0.05) is 17.2 Å². The minimum Gasteiger partial charge on any atom is -0.506 e. The molecule has 2 aromatic rings. The summed E-state index contributed by atoms with van der Waals surface area (Å²) in [6, 6.07) is 7.94. The third-order valence-corrected chi connectivity index (χ3v) is 6.41. The third kappa shape index (κ3) is 3.07. The lowest BCUT2D eigenvalue weighted by atomic mass is 10.1. The molecule has 10 heteroatoms. The molecule has 2 aliphatic rings. The number of aromatic hydroxyl groups is 1. The summed E-state index contributed by atoms with van der Waals surface area (Å²) in [5.74, 6) is -2.02. The van der Waals surface area contributed by atoms with Gasteiger partial charge in [-0.2, -0.15) is 13.7 Å². The lowest BCUT2D eigenvalue weighted by Gasteiger charge is -2.19. The molecule has 1 amide bonds. The van der Waals surface area contributed by atoms with Gasteiger partial charge in [0.15, 0.2) is 5.82 Å². The van der Waals surface area contributed by atoms with Crippen molar-refractivity contribution in [1.82, 2.24) is 4.72 Å². The Kier molecular flexibility index (Phi) is 4.08. The Balaban J connectivity index is 1.71. The van der Waals surface area contributed by atoms with Crippen molar-refractivity contribution in [2.24, 2.45) is 5.41 Å². The molecule has 2 aromatic carbocycles. The highest BCUT2D eigenvalue weighted by molar-refractivity contribution is 7.92. The summed E-state index contributed by atoms with van der Waals surface area (Å²) in [6.07, 6.45) is 2.18. The molecule has 1 saturated heterocycles. The maximum Gasteiger partial charge on any atom is 0.326 e. The quantitative estimate of drug-likeness (QED) is 0.784. The van der Waals surface area contributed by atoms with E-state index in [2.05, 4.69) is 6.07 Å². The van der Waals surface area contributed by atoms with Gasteiger partial charge in [-0.1, -0.05) is 6.07 Å². The number of hydrogen-bond donors (Lipinski definition) is 2. The largest absolute Gasteiger partial charge is 0.506 e. The number of nitrogens with zero attached hydrogens (tertiary/aromatic N) is 2. The van der Waals surface area contributed by atoms with E-state index in [1.54, 1.807) is 16.9 Å². The number of rotatable bonds is 5. The second kappa shape index (κ2) is 6.24. The van der Waals surface area contributed by atoms with Crippen molar-refractivity contribution in [3.63, 3.8) is 0 Å². The van der Waals surface area contributed by atoms with Crippen LogP contribution in [0.1, 0.15) is 19.3 Å². The van der Waals surface area contributed by atoms with Crippen LogP contribution in [0.3, 0.4) is 0 Å². The van der Waals surface area contributed by atoms with E-state index in [4.69, 9.17) is 10.00 Å². The Morgan fingerprint density at radius 3 is 2.71 bits per heavy atom. The highest BCUT2D eigenvalue weighted by Gasteiger charge is 2.43. The number of anilines is 1. The van der Waals surface area contributed by atoms with Crippen LogP contribution in [0, 0.1) is 22.6 Å². The van der Waals surface area contributed by atoms with E-state index in [1.807, 2.05) is 0 Å². The Hall–Kier alpha value is -3.06. The number of carbonyl (C=O) groups is 1. The van der Waals surface area contributed by atoms with Crippen molar-refractivity contribution in [2.45, 2.75) is 19.3 Å². The smallest absolute Gasteiger partial charge is 0.326 e. The normalized spacial score (nSPS) is 19.3. The molecule has 1 aliphatic carbocycles. The van der Waals surface area contributed by atoms with Crippen LogP contribution in [0.5, 0.6) is 11.5 Å². The fourth-order valence-electron chi connectivity index (χ4n) is 3.23. The first-order chi connectivity index (χ1) is 13.2. The van der Waals surface area contributed by atoms with Crippen LogP contribution < -0.4 is 13.8 Å². The SMILES string of the molecule is N#CCC1(COc2ccc3cc(O)c(N4CC(=O)NS4(=O)=O)c(F)c3c2)CC1. The first-order valence-corrected chi connectivity index (χ1v) is 9.97. The highest BCUT2D eigenvalue weighted by Crippen LogP contribution is 2.49. The zero-order valence-corrected chi connectivity index (χ0v) is 15.4. The molecule has 146 valence electrons. The zero-order chi connectivity index (χ0) is 20.1. The van der Waals surface area contributed by atoms with Gasteiger partial charge in [-0.15, -0.1) is 0 Å². The number of carbonyl (C=O) groups excluding carboxylic acids is 1. The van der Waals surface area contributed by atoms with E-state index >= 15 is 4.39 Å². The van der Waals surface area contributed by atoms with Gasteiger partial charge in [0.25, 0.3) is 5.91 Å². The average molecular weight is 405 g/mol. The zero-order valence-electron chi connectivity index (χ0n) is 14.6. The van der Waals surface area contributed by atoms with Crippen LogP contribution >= 0.6 is 0 Å². The van der Waals surface area contributed by atoms with Gasteiger partial charge in [0.2, 0.25) is 0 Å². The first kappa shape index (κ1) is 18.3. The number of fused-ring (bicyclic) bond motifs is 1. The standard InChI is InChI=1S/C18H16FN3O5S/c19-16-13-8-12(27-10-18(3-4-18)5-6-20)2-1-11(13)7-14(23)17(16)22-9-15(24)21-28(22,25)26/h1-2,7-8,23H,3-5,9-10H2,(H,21,24). The maximum absolute atomic E-state index is 15.1. The molecule has 0 aromatic heterocycles. The van der Waals surface area contributed by atoms with E-state index < -0.39 is 39.9 Å². The Bertz CT molecular complexity index is 1140. The fourth-order valence-corrected chi connectivity index (χ4v) is 4.40. The molecule has 1 heterocycles. The van der Waals surface area contributed by atoms with E-state index in [9.17, 15) is 18.3 Å². The summed E-state index contributed by atoms with van der Waals surface area (Å²) < 4.78 is 47.2. The van der Waals surface area contributed by atoms with Gasteiger partial charge in [-0.05, 0) is 36.4 Å². The molecule has 0 bridgehead atoms. The summed E-state index contributed by atoms with van der Waals surface area (Å²) >= 11 is 0. The van der Waals surface area contributed by atoms with Crippen LogP contribution in [0.25, 0.3) is 10.8 Å². The van der Waals surface area contributed by atoms with E-state index in [0.717, 1.165) is 12.8 Å². The van der Waals surface area contributed by atoms with Crippen molar-refractivity contribution in [1.29, 1.82) is 5.26 Å². The first-order valence-electron chi connectivity index (χ1n) is 8.53. The van der Waals surface area contributed by atoms with Crippen LogP contribution in [0.4, 0.5) is 10.1 Å². The Morgan fingerprint density at radius 1 is 1.36 bits per heavy atom. The van der Waals surface area contributed by atoms with Crippen molar-refractivity contribution in [2.75, 3.05) is 17.5 Å². The minimum atomic E-state index is -4.27. The lowest BCUT2D eigenvalue weighted by molar-refractivity contribution is -0.117. The number of nitrogens with one attached hydrogen (secondary N) is 1. The second-order valence-electron chi connectivity index (χ2n) is 7.10. The second-order valence-corrected chi connectivity index (χ2v) is 8.70. The molecule has 0 radical (unpaired) electrons. The maximum atomic E-state index is 15.1. The highest BCUT2D eigenvalue weighted by atomic mass is 32.2. The number of phenolic OH excluding ortho intramolecular Hbond substituents is 1. The molecule has 2 fully saturated rings. The third-order valence-electron chi connectivity index (χ3n) is 5.03. The van der Waals surface area contributed by atoms with Gasteiger partial charge >= 0.3 is 10.2 Å². The number of phenols is 1. The van der Waals surface area contributed by atoms with Crippen molar-refractivity contribution >= 4 is 32.6 Å². The molecule has 0 unspecified atom stereocenters. The van der Waals surface area contributed by atoms with Crippen molar-refractivity contribution in [3.05, 3.63) is 30.1 Å². The number of nitriles is 1. The molecular weight excluding hydrogens is 389 g/mol. The van der Waals surface area contributed by atoms with Crippen molar-refractivity contribution < 1.29 is 27.4 Å². The number of ether oxygens (including phenoxy) is 1. The monoisotopic (exact) mass is 405 g/mol. The molecule has 8 nitrogen and oxygen atoms in total. The molecule has 0 atom stereocenters. The fraction of sp³-hybridized carbons (Fsp3) is 0.333. The van der Waals surface area contributed by atoms with Crippen LogP contribution in [0.15, 0.2) is 24.3 Å². The van der Waals surface area contributed by atoms with Crippen molar-refractivity contribution in [3.8, 4) is 17.6 Å². The number of amides is 1. The van der Waals surface area contributed by atoms with Crippen LogP contribution in [0.2, 0.25) is 0 Å². The van der Waals surface area contributed by atoms with E-state index in [-0.39, 0.29) is 10.8 Å². The van der Waals surface area contributed by atoms with Gasteiger partial charge in [-0.3, -0.25) is 4.79 Å². The number of benzene rings is 2. The molecule has 4 rings (SSSR count). The predicted molar refractivity (Wildman–Crippen MR) is 97.4 cm³/mol. The molecule has 2 N–H and O–H groups in total. The van der Waals surface area contributed by atoms with Crippen LogP contribution in [-0.2, 0) is 15.0 Å². The summed E-state index contributed by atoms with van der Waals surface area (Å²) in [7, 11) is -4.27. The van der Waals surface area contributed by atoms with Gasteiger partial charge in [0.05, 0.1) is 12.7 Å². The molecule has 1 saturated carbocycles. The summed E-state index contributed by atoms with van der Waals surface area (Å²) in [4.78, 5) is 11.4. The minimum absolute atomic E-state index is 0.0463. The summed E-state index contributed by atoms with van der Waals surface area (Å²) in [5, 5.41) is 19.4. The van der Waals surface area contributed by atoms with Gasteiger partial charge in [0.1, 0.15) is 23.7 Å². The predicted octanol–water partition coefficient (Wildman–Crippen LogP) is 1.94. The average Bonchev–Trinajstić information content (AvgIpc) is 3.33. The Labute approximate surface area is 160 Å². The summed E-state index contributed by atoms with van der Waals surface area (Å²) in [6.45, 7) is -0.289. The Morgan fingerprint density at radius 2 is 2.11 bits per heavy atom. The summed E-state index contributed by atoms with van der Waals surface area (Å²) in [5.41, 5.74) is -0.746. The molecular formula is C18H16FN3O5S. The topological polar surface area (TPSA) is 120 Å². The van der Waals surface area contributed by atoms with E-state index in [0.29, 0.717) is 28.5 Å².